The molecule has 0 heterocycles. The molecule has 122 valence electrons. The minimum Gasteiger partial charge on any atom is -0.381 e. The van der Waals surface area contributed by atoms with E-state index in [1.54, 1.807) is 6.34 Å². The molecular weight excluding hydrogens is 329 g/mol. The molecule has 23 heavy (non-hydrogen) atoms. The Hall–Kier alpha value is -1.71. The van der Waals surface area contributed by atoms with Crippen LogP contribution in [0.15, 0.2) is 41.4 Å². The van der Waals surface area contributed by atoms with E-state index in [1.807, 2.05) is 55.3 Å². The third kappa shape index (κ3) is 5.15. The number of nitrogens with one attached hydrogen (secondary N) is 1. The molecule has 0 fully saturated rings. The number of aryl methyl sites for hydroxylation is 1. The molecule has 1 N–H and O–H groups in total. The number of halogens is 2. The lowest BCUT2D eigenvalue weighted by molar-refractivity contribution is 0.552. The van der Waals surface area contributed by atoms with E-state index in [-0.39, 0.29) is 0 Å². The number of benzene rings is 2. The highest BCUT2D eigenvalue weighted by atomic mass is 35.5. The molecule has 5 heteroatoms. The zero-order valence-corrected chi connectivity index (χ0v) is 15.1. The number of nitrogens with zero attached hydrogens (tertiary/aromatic N) is 2. The van der Waals surface area contributed by atoms with Gasteiger partial charge in [-0.2, -0.15) is 0 Å². The Morgan fingerprint density at radius 3 is 2.70 bits per heavy atom. The van der Waals surface area contributed by atoms with Crippen molar-refractivity contribution in [3.05, 3.63) is 57.6 Å². The molecule has 0 bridgehead atoms. The van der Waals surface area contributed by atoms with Crippen LogP contribution in [0, 0.1) is 6.92 Å². The van der Waals surface area contributed by atoms with Crippen molar-refractivity contribution >= 4 is 40.9 Å². The average Bonchev–Trinajstić information content (AvgIpc) is 2.53. The zero-order valence-electron chi connectivity index (χ0n) is 13.6. The molecule has 2 aromatic rings. The summed E-state index contributed by atoms with van der Waals surface area (Å²) < 4.78 is 0. The Balaban J connectivity index is 2.12. The van der Waals surface area contributed by atoms with Crippen molar-refractivity contribution in [2.75, 3.05) is 18.9 Å². The van der Waals surface area contributed by atoms with Crippen molar-refractivity contribution in [2.24, 2.45) is 4.99 Å². The topological polar surface area (TPSA) is 27.6 Å². The van der Waals surface area contributed by atoms with E-state index in [0.717, 1.165) is 34.1 Å². The minimum absolute atomic E-state index is 0.630. The minimum atomic E-state index is 0.630. The maximum atomic E-state index is 6.34. The summed E-state index contributed by atoms with van der Waals surface area (Å²) in [5, 5.41) is 4.76. The van der Waals surface area contributed by atoms with Gasteiger partial charge in [0.15, 0.2) is 0 Å². The smallest absolute Gasteiger partial charge is 0.0910 e. The fraction of sp³-hybridized carbons (Fsp3) is 0.278. The van der Waals surface area contributed by atoms with E-state index < -0.39 is 0 Å². The summed E-state index contributed by atoms with van der Waals surface area (Å²) in [6, 6.07) is 11.7. The summed E-state index contributed by atoms with van der Waals surface area (Å²) >= 11 is 12.3. The maximum absolute atomic E-state index is 6.34. The van der Waals surface area contributed by atoms with E-state index in [2.05, 4.69) is 17.2 Å². The quantitative estimate of drug-likeness (QED) is 0.548. The lowest BCUT2D eigenvalue weighted by atomic mass is 10.1. The molecule has 0 aliphatic carbocycles. The highest BCUT2D eigenvalue weighted by Gasteiger charge is 2.05. The van der Waals surface area contributed by atoms with Gasteiger partial charge in [-0.25, -0.2) is 4.99 Å². The molecule has 0 radical (unpaired) electrons. The maximum Gasteiger partial charge on any atom is 0.0910 e. The monoisotopic (exact) mass is 349 g/mol. The van der Waals surface area contributed by atoms with Crippen LogP contribution in [0.1, 0.15) is 18.1 Å². The molecule has 0 aromatic heterocycles. The molecule has 0 amide bonds. The molecule has 0 aliphatic heterocycles. The van der Waals surface area contributed by atoms with Crippen LogP contribution in [0.2, 0.25) is 10.0 Å². The first-order valence-corrected chi connectivity index (χ1v) is 8.28. The predicted molar refractivity (Wildman–Crippen MR) is 101 cm³/mol. The second-order valence-corrected chi connectivity index (χ2v) is 6.26. The van der Waals surface area contributed by atoms with Crippen LogP contribution < -0.4 is 5.32 Å². The summed E-state index contributed by atoms with van der Waals surface area (Å²) in [7, 11) is 1.98. The van der Waals surface area contributed by atoms with Crippen molar-refractivity contribution in [1.29, 1.82) is 0 Å². The van der Waals surface area contributed by atoms with Gasteiger partial charge in [-0.1, -0.05) is 35.3 Å². The van der Waals surface area contributed by atoms with Crippen molar-refractivity contribution < 1.29 is 0 Å². The third-order valence-corrected chi connectivity index (χ3v) is 4.10. The summed E-state index contributed by atoms with van der Waals surface area (Å²) in [5.41, 5.74) is 4.00. The van der Waals surface area contributed by atoms with Crippen molar-refractivity contribution in [2.45, 2.75) is 20.4 Å². The van der Waals surface area contributed by atoms with Gasteiger partial charge in [0.25, 0.3) is 0 Å². The fourth-order valence-electron chi connectivity index (χ4n) is 2.04. The molecule has 0 unspecified atom stereocenters. The highest BCUT2D eigenvalue weighted by Crippen LogP contribution is 2.31. The second kappa shape index (κ2) is 8.23. The Labute approximate surface area is 147 Å². The van der Waals surface area contributed by atoms with Crippen LogP contribution in [0.4, 0.5) is 11.4 Å². The zero-order chi connectivity index (χ0) is 16.8. The first kappa shape index (κ1) is 17.6. The van der Waals surface area contributed by atoms with Crippen LogP contribution in [-0.2, 0) is 6.54 Å². The van der Waals surface area contributed by atoms with Crippen LogP contribution in [-0.4, -0.2) is 24.8 Å². The Bertz CT molecular complexity index is 699. The molecule has 0 saturated heterocycles. The van der Waals surface area contributed by atoms with Gasteiger partial charge < -0.3 is 10.2 Å². The van der Waals surface area contributed by atoms with Gasteiger partial charge in [-0.3, -0.25) is 0 Å². The fourth-order valence-corrected chi connectivity index (χ4v) is 2.47. The number of rotatable bonds is 6. The van der Waals surface area contributed by atoms with Gasteiger partial charge in [-0.05, 0) is 49.2 Å². The summed E-state index contributed by atoms with van der Waals surface area (Å²) in [6.45, 7) is 5.71. The number of hydrogen-bond donors (Lipinski definition) is 1. The lowest BCUT2D eigenvalue weighted by Crippen LogP contribution is -2.14. The first-order chi connectivity index (χ1) is 11.0. The molecule has 3 nitrogen and oxygen atoms in total. The number of aliphatic imine (C=N–C) groups is 1. The van der Waals surface area contributed by atoms with E-state index in [1.165, 1.54) is 0 Å². The summed E-state index contributed by atoms with van der Waals surface area (Å²) in [4.78, 5) is 6.43. The summed E-state index contributed by atoms with van der Waals surface area (Å²) in [5.74, 6) is 0. The summed E-state index contributed by atoms with van der Waals surface area (Å²) in [6.07, 6.45) is 1.79. The Kier molecular flexibility index (Phi) is 6.31. The van der Waals surface area contributed by atoms with E-state index in [4.69, 9.17) is 23.2 Å². The average molecular weight is 350 g/mol. The standard InChI is InChI=1S/C18H21Cl2N3/c1-4-23(3)12-22-18-8-13(2)17(10-16(18)20)21-11-14-6-5-7-15(19)9-14/h5-10,12,21H,4,11H2,1-3H3. The second-order valence-electron chi connectivity index (χ2n) is 5.42. The molecule has 0 atom stereocenters. The van der Waals surface area contributed by atoms with E-state index in [9.17, 15) is 0 Å². The molecule has 0 aliphatic rings. The molecule has 0 spiro atoms. The normalized spacial score (nSPS) is 11.0. The van der Waals surface area contributed by atoms with Gasteiger partial charge in [0, 0.05) is 30.8 Å². The van der Waals surface area contributed by atoms with Crippen molar-refractivity contribution in [3.63, 3.8) is 0 Å². The van der Waals surface area contributed by atoms with Crippen LogP contribution >= 0.6 is 23.2 Å². The van der Waals surface area contributed by atoms with Gasteiger partial charge >= 0.3 is 0 Å². The predicted octanol–water partition coefficient (Wildman–Crippen LogP) is 5.53. The number of anilines is 1. The number of hydrogen-bond acceptors (Lipinski definition) is 2. The highest BCUT2D eigenvalue weighted by molar-refractivity contribution is 6.33. The van der Waals surface area contributed by atoms with Crippen molar-refractivity contribution in [3.8, 4) is 0 Å². The molecule has 2 aromatic carbocycles. The van der Waals surface area contributed by atoms with Gasteiger partial charge in [-0.15, -0.1) is 0 Å². The Morgan fingerprint density at radius 2 is 2.00 bits per heavy atom. The Morgan fingerprint density at radius 1 is 1.22 bits per heavy atom. The van der Waals surface area contributed by atoms with Crippen LogP contribution in [0.3, 0.4) is 0 Å². The SMILES string of the molecule is CCN(C)C=Nc1cc(C)c(NCc2cccc(Cl)c2)cc1Cl. The third-order valence-electron chi connectivity index (χ3n) is 3.56. The molecule has 2 rings (SSSR count). The van der Waals surface area contributed by atoms with Crippen molar-refractivity contribution in [1.82, 2.24) is 4.90 Å². The van der Waals surface area contributed by atoms with E-state index in [0.29, 0.717) is 11.6 Å². The molecule has 0 saturated carbocycles. The van der Waals surface area contributed by atoms with Crippen LogP contribution in [0.25, 0.3) is 0 Å². The molecular formula is C18H21Cl2N3. The van der Waals surface area contributed by atoms with Crippen LogP contribution in [0.5, 0.6) is 0 Å². The first-order valence-electron chi connectivity index (χ1n) is 7.52. The van der Waals surface area contributed by atoms with E-state index >= 15 is 0 Å². The van der Waals surface area contributed by atoms with Gasteiger partial charge in [0.05, 0.1) is 17.0 Å². The largest absolute Gasteiger partial charge is 0.381 e. The lowest BCUT2D eigenvalue weighted by Gasteiger charge is -2.13. The van der Waals surface area contributed by atoms with Gasteiger partial charge in [0.2, 0.25) is 0 Å². The van der Waals surface area contributed by atoms with Gasteiger partial charge in [0.1, 0.15) is 0 Å².